The average molecular weight is 250 g/mol. The molecule has 1 aromatic rings. The van der Waals surface area contributed by atoms with Gasteiger partial charge in [-0.2, -0.15) is 0 Å². The van der Waals surface area contributed by atoms with Crippen molar-refractivity contribution in [1.29, 1.82) is 0 Å². The second-order valence-electron chi connectivity index (χ2n) is 4.76. The van der Waals surface area contributed by atoms with E-state index in [0.29, 0.717) is 5.92 Å². The van der Waals surface area contributed by atoms with Gasteiger partial charge in [0.1, 0.15) is 18.0 Å². The van der Waals surface area contributed by atoms with Crippen molar-refractivity contribution in [3.05, 3.63) is 11.9 Å². The topological polar surface area (TPSA) is 50.3 Å². The number of nitrogens with zero attached hydrogens (tertiary/aromatic N) is 3. The summed E-state index contributed by atoms with van der Waals surface area (Å²) in [5, 5.41) is 3.27. The van der Waals surface area contributed by atoms with E-state index in [1.807, 2.05) is 0 Å². The first kappa shape index (κ1) is 13.1. The zero-order valence-electron chi connectivity index (χ0n) is 11.4. The fourth-order valence-corrected chi connectivity index (χ4v) is 2.50. The maximum atomic E-state index is 5.23. The van der Waals surface area contributed by atoms with Crippen LogP contribution in [0.4, 0.5) is 11.6 Å². The van der Waals surface area contributed by atoms with Crippen LogP contribution < -0.4 is 10.2 Å². The Labute approximate surface area is 109 Å². The van der Waals surface area contributed by atoms with E-state index in [0.717, 1.165) is 43.4 Å². The van der Waals surface area contributed by atoms with E-state index in [1.54, 1.807) is 13.4 Å². The highest BCUT2D eigenvalue weighted by Crippen LogP contribution is 2.27. The molecule has 0 aromatic carbocycles. The molecule has 0 spiro atoms. The number of ether oxygens (including phenoxy) is 1. The summed E-state index contributed by atoms with van der Waals surface area (Å²) >= 11 is 0. The molecule has 1 N–H and O–H groups in total. The van der Waals surface area contributed by atoms with Crippen molar-refractivity contribution >= 4 is 11.6 Å². The molecule has 2 heterocycles. The second kappa shape index (κ2) is 6.00. The minimum atomic E-state index is 0.618. The number of aromatic nitrogens is 2. The molecule has 5 nitrogen and oxygen atoms in total. The maximum absolute atomic E-state index is 5.23. The number of hydrogen-bond donors (Lipinski definition) is 1. The highest BCUT2D eigenvalue weighted by Gasteiger charge is 2.25. The van der Waals surface area contributed by atoms with Gasteiger partial charge in [0.25, 0.3) is 0 Å². The molecule has 1 unspecified atom stereocenters. The van der Waals surface area contributed by atoms with Crippen LogP contribution in [0.25, 0.3) is 0 Å². The molecule has 100 valence electrons. The predicted octanol–water partition coefficient (Wildman–Crippen LogP) is 1.69. The van der Waals surface area contributed by atoms with Gasteiger partial charge >= 0.3 is 0 Å². The molecule has 0 amide bonds. The zero-order valence-corrected chi connectivity index (χ0v) is 11.4. The van der Waals surface area contributed by atoms with Gasteiger partial charge in [0.05, 0.1) is 6.61 Å². The first-order valence-electron chi connectivity index (χ1n) is 6.55. The number of hydrogen-bond acceptors (Lipinski definition) is 5. The minimum absolute atomic E-state index is 0.618. The third-order valence-corrected chi connectivity index (χ3v) is 3.39. The lowest BCUT2D eigenvalue weighted by Gasteiger charge is -2.20. The van der Waals surface area contributed by atoms with Crippen molar-refractivity contribution in [3.8, 4) is 0 Å². The van der Waals surface area contributed by atoms with Crippen molar-refractivity contribution in [2.45, 2.75) is 20.3 Å². The molecule has 1 fully saturated rings. The largest absolute Gasteiger partial charge is 0.384 e. The lowest BCUT2D eigenvalue weighted by molar-refractivity contribution is 0.161. The lowest BCUT2D eigenvalue weighted by atomic mass is 10.1. The molecular weight excluding hydrogens is 228 g/mol. The summed E-state index contributed by atoms with van der Waals surface area (Å²) in [6, 6.07) is 0. The van der Waals surface area contributed by atoms with Crippen molar-refractivity contribution < 1.29 is 4.74 Å². The minimum Gasteiger partial charge on any atom is -0.384 e. The molecule has 1 aliphatic heterocycles. The Balaban J connectivity index is 2.12. The van der Waals surface area contributed by atoms with Gasteiger partial charge in [-0.05, 0) is 20.3 Å². The lowest BCUT2D eigenvalue weighted by Crippen LogP contribution is -2.23. The molecule has 1 atom stereocenters. The molecule has 5 heteroatoms. The predicted molar refractivity (Wildman–Crippen MR) is 73.1 cm³/mol. The molecule has 0 radical (unpaired) electrons. The molecule has 1 aliphatic rings. The van der Waals surface area contributed by atoms with Crippen LogP contribution in [0.15, 0.2) is 6.33 Å². The second-order valence-corrected chi connectivity index (χ2v) is 4.76. The van der Waals surface area contributed by atoms with Crippen molar-refractivity contribution in [2.75, 3.05) is 43.6 Å². The average Bonchev–Trinajstić information content (AvgIpc) is 2.81. The molecule has 0 saturated carbocycles. The van der Waals surface area contributed by atoms with Crippen LogP contribution in [0.3, 0.4) is 0 Å². The zero-order chi connectivity index (χ0) is 13.0. The normalized spacial score (nSPS) is 19.3. The van der Waals surface area contributed by atoms with Gasteiger partial charge < -0.3 is 15.0 Å². The highest BCUT2D eigenvalue weighted by atomic mass is 16.5. The van der Waals surface area contributed by atoms with Crippen LogP contribution in [0.2, 0.25) is 0 Å². The molecule has 2 rings (SSSR count). The van der Waals surface area contributed by atoms with E-state index in [-0.39, 0.29) is 0 Å². The van der Waals surface area contributed by atoms with Gasteiger partial charge in [-0.1, -0.05) is 0 Å². The molecule has 0 aliphatic carbocycles. The Morgan fingerprint density at radius 3 is 3.06 bits per heavy atom. The SMILES string of the molecule is CCNc1ncnc(N2CCC(COC)C2)c1C. The number of methoxy groups -OCH3 is 1. The monoisotopic (exact) mass is 250 g/mol. The summed E-state index contributed by atoms with van der Waals surface area (Å²) in [5.41, 5.74) is 1.14. The van der Waals surface area contributed by atoms with E-state index >= 15 is 0 Å². The summed E-state index contributed by atoms with van der Waals surface area (Å²) < 4.78 is 5.23. The van der Waals surface area contributed by atoms with Crippen LogP contribution >= 0.6 is 0 Å². The third-order valence-electron chi connectivity index (χ3n) is 3.39. The molecule has 0 bridgehead atoms. The summed E-state index contributed by atoms with van der Waals surface area (Å²) in [4.78, 5) is 11.0. The third kappa shape index (κ3) is 2.72. The Morgan fingerprint density at radius 1 is 1.50 bits per heavy atom. The van der Waals surface area contributed by atoms with Gasteiger partial charge in [0, 0.05) is 38.2 Å². The Bertz CT molecular complexity index is 397. The van der Waals surface area contributed by atoms with Crippen LogP contribution in [0.5, 0.6) is 0 Å². The molecule has 1 saturated heterocycles. The van der Waals surface area contributed by atoms with Gasteiger partial charge in [-0.25, -0.2) is 9.97 Å². The van der Waals surface area contributed by atoms with E-state index < -0.39 is 0 Å². The van der Waals surface area contributed by atoms with Crippen LogP contribution in [-0.4, -0.2) is 43.3 Å². The quantitative estimate of drug-likeness (QED) is 0.862. The molecular formula is C13H22N4O. The van der Waals surface area contributed by atoms with Gasteiger partial charge in [0.2, 0.25) is 0 Å². The van der Waals surface area contributed by atoms with E-state index in [2.05, 4.69) is 34.0 Å². The summed E-state index contributed by atoms with van der Waals surface area (Å²) in [5.74, 6) is 2.61. The van der Waals surface area contributed by atoms with Crippen molar-refractivity contribution in [2.24, 2.45) is 5.92 Å². The Hall–Kier alpha value is -1.36. The van der Waals surface area contributed by atoms with Crippen LogP contribution in [0.1, 0.15) is 18.9 Å². The van der Waals surface area contributed by atoms with E-state index in [1.165, 1.54) is 6.42 Å². The number of nitrogens with one attached hydrogen (secondary N) is 1. The summed E-state index contributed by atoms with van der Waals surface area (Å²) in [6.45, 7) is 7.95. The molecule has 1 aromatic heterocycles. The van der Waals surface area contributed by atoms with Crippen LogP contribution in [-0.2, 0) is 4.74 Å². The highest BCUT2D eigenvalue weighted by molar-refractivity contribution is 5.58. The smallest absolute Gasteiger partial charge is 0.137 e. The number of rotatable bonds is 5. The summed E-state index contributed by atoms with van der Waals surface area (Å²) in [7, 11) is 1.77. The van der Waals surface area contributed by atoms with E-state index in [4.69, 9.17) is 4.74 Å². The van der Waals surface area contributed by atoms with E-state index in [9.17, 15) is 0 Å². The fourth-order valence-electron chi connectivity index (χ4n) is 2.50. The van der Waals surface area contributed by atoms with Crippen molar-refractivity contribution in [3.63, 3.8) is 0 Å². The fraction of sp³-hybridized carbons (Fsp3) is 0.692. The maximum Gasteiger partial charge on any atom is 0.137 e. The Kier molecular flexibility index (Phi) is 4.36. The van der Waals surface area contributed by atoms with Gasteiger partial charge in [0.15, 0.2) is 0 Å². The standard InChI is InChI=1S/C13H22N4O/c1-4-14-12-10(2)13(16-9-15-12)17-6-5-11(7-17)8-18-3/h9,11H,4-8H2,1-3H3,(H,14,15,16). The number of anilines is 2. The molecule has 18 heavy (non-hydrogen) atoms. The van der Waals surface area contributed by atoms with Crippen LogP contribution in [0, 0.1) is 12.8 Å². The Morgan fingerprint density at radius 2 is 2.33 bits per heavy atom. The van der Waals surface area contributed by atoms with Gasteiger partial charge in [-0.3, -0.25) is 0 Å². The van der Waals surface area contributed by atoms with Gasteiger partial charge in [-0.15, -0.1) is 0 Å². The first-order chi connectivity index (χ1) is 8.76. The summed E-state index contributed by atoms with van der Waals surface area (Å²) in [6.07, 6.45) is 2.82. The van der Waals surface area contributed by atoms with Crippen molar-refractivity contribution in [1.82, 2.24) is 9.97 Å². The first-order valence-corrected chi connectivity index (χ1v) is 6.55.